The Kier molecular flexibility index (Phi) is 5.81. The number of furan rings is 1. The van der Waals surface area contributed by atoms with Crippen molar-refractivity contribution >= 4 is 5.91 Å². The van der Waals surface area contributed by atoms with E-state index in [1.807, 2.05) is 32.0 Å². The van der Waals surface area contributed by atoms with Crippen LogP contribution >= 0.6 is 0 Å². The Morgan fingerprint density at radius 1 is 1.44 bits per heavy atom. The van der Waals surface area contributed by atoms with Crippen molar-refractivity contribution in [1.82, 2.24) is 9.80 Å². The highest BCUT2D eigenvalue weighted by Gasteiger charge is 2.47. The standard InChI is InChI=1S/C19H30N2O4/c1-15-5-6-16(25-15)18(22)21-9-7-17-19(13-21,8-4-11-24-17)14-23-12-10-20(2)3/h5-6,17H,4,7-14H2,1-3H3/t17-,19+/m1/s1. The van der Waals surface area contributed by atoms with E-state index in [4.69, 9.17) is 13.9 Å². The minimum Gasteiger partial charge on any atom is -0.456 e. The number of likely N-dealkylation sites (tertiary alicyclic amines) is 1. The molecule has 0 N–H and O–H groups in total. The number of piperidine rings is 1. The van der Waals surface area contributed by atoms with Crippen molar-refractivity contribution in [2.24, 2.45) is 5.41 Å². The average molecular weight is 350 g/mol. The smallest absolute Gasteiger partial charge is 0.289 e. The second-order valence-corrected chi connectivity index (χ2v) is 7.61. The summed E-state index contributed by atoms with van der Waals surface area (Å²) < 4.78 is 17.6. The van der Waals surface area contributed by atoms with Crippen molar-refractivity contribution in [2.45, 2.75) is 32.3 Å². The number of hydrogen-bond donors (Lipinski definition) is 0. The predicted octanol–water partition coefficient (Wildman–Crippen LogP) is 2.18. The fourth-order valence-corrected chi connectivity index (χ4v) is 3.90. The van der Waals surface area contributed by atoms with Crippen LogP contribution in [0, 0.1) is 12.3 Å². The molecule has 2 atom stereocenters. The minimum atomic E-state index is -0.0971. The second kappa shape index (κ2) is 7.89. The summed E-state index contributed by atoms with van der Waals surface area (Å²) in [6.45, 7) is 6.31. The number of ether oxygens (including phenoxy) is 2. The molecule has 2 saturated heterocycles. The van der Waals surface area contributed by atoms with E-state index < -0.39 is 0 Å². The molecule has 1 amide bonds. The molecular formula is C19H30N2O4. The lowest BCUT2D eigenvalue weighted by Crippen LogP contribution is -2.58. The first-order valence-corrected chi connectivity index (χ1v) is 9.20. The number of rotatable bonds is 6. The van der Waals surface area contributed by atoms with Gasteiger partial charge in [-0.1, -0.05) is 0 Å². The summed E-state index contributed by atoms with van der Waals surface area (Å²) in [4.78, 5) is 16.8. The lowest BCUT2D eigenvalue weighted by molar-refractivity contribution is -0.147. The van der Waals surface area contributed by atoms with Gasteiger partial charge in [0.15, 0.2) is 5.76 Å². The second-order valence-electron chi connectivity index (χ2n) is 7.61. The van der Waals surface area contributed by atoms with Crippen LogP contribution in [0.5, 0.6) is 0 Å². The molecule has 3 rings (SSSR count). The SMILES string of the molecule is Cc1ccc(C(=O)N2CC[C@H]3OCCC[C@@]3(COCCN(C)C)C2)o1. The van der Waals surface area contributed by atoms with Gasteiger partial charge in [-0.05, 0) is 52.4 Å². The molecular weight excluding hydrogens is 320 g/mol. The largest absolute Gasteiger partial charge is 0.456 e. The Bertz CT molecular complexity index is 586. The fraction of sp³-hybridized carbons (Fsp3) is 0.737. The normalized spacial score (nSPS) is 26.7. The molecule has 0 spiro atoms. The first kappa shape index (κ1) is 18.4. The van der Waals surface area contributed by atoms with Crippen LogP contribution in [0.1, 0.15) is 35.6 Å². The van der Waals surface area contributed by atoms with Gasteiger partial charge in [-0.25, -0.2) is 0 Å². The summed E-state index contributed by atoms with van der Waals surface area (Å²) in [6.07, 6.45) is 3.11. The van der Waals surface area contributed by atoms with Crippen LogP contribution < -0.4 is 0 Å². The lowest BCUT2D eigenvalue weighted by Gasteiger charge is -2.50. The number of hydrogen-bond acceptors (Lipinski definition) is 5. The van der Waals surface area contributed by atoms with E-state index in [1.54, 1.807) is 6.07 Å². The summed E-state index contributed by atoms with van der Waals surface area (Å²) in [7, 11) is 4.08. The lowest BCUT2D eigenvalue weighted by atomic mass is 9.73. The zero-order valence-electron chi connectivity index (χ0n) is 15.6. The summed E-state index contributed by atoms with van der Waals surface area (Å²) >= 11 is 0. The van der Waals surface area contributed by atoms with E-state index in [0.717, 1.165) is 38.2 Å². The molecule has 2 aliphatic heterocycles. The van der Waals surface area contributed by atoms with Crippen molar-refractivity contribution in [3.8, 4) is 0 Å². The van der Waals surface area contributed by atoms with Gasteiger partial charge in [-0.3, -0.25) is 4.79 Å². The Morgan fingerprint density at radius 3 is 3.00 bits per heavy atom. The van der Waals surface area contributed by atoms with Gasteiger partial charge in [0.1, 0.15) is 5.76 Å². The van der Waals surface area contributed by atoms with Crippen LogP contribution in [0.15, 0.2) is 16.5 Å². The third kappa shape index (κ3) is 4.25. The average Bonchev–Trinajstić information content (AvgIpc) is 3.04. The molecule has 6 heteroatoms. The predicted molar refractivity (Wildman–Crippen MR) is 94.7 cm³/mol. The molecule has 0 aromatic carbocycles. The van der Waals surface area contributed by atoms with Crippen LogP contribution in [-0.2, 0) is 9.47 Å². The molecule has 0 unspecified atom stereocenters. The van der Waals surface area contributed by atoms with Crippen LogP contribution in [0.2, 0.25) is 0 Å². The van der Waals surface area contributed by atoms with E-state index in [1.165, 1.54) is 0 Å². The molecule has 1 aromatic heterocycles. The van der Waals surface area contributed by atoms with Crippen molar-refractivity contribution in [3.05, 3.63) is 23.7 Å². The zero-order chi connectivity index (χ0) is 17.9. The summed E-state index contributed by atoms with van der Waals surface area (Å²) in [5.41, 5.74) is -0.0971. The van der Waals surface area contributed by atoms with Gasteiger partial charge >= 0.3 is 0 Å². The summed E-state index contributed by atoms with van der Waals surface area (Å²) in [5, 5.41) is 0. The van der Waals surface area contributed by atoms with Crippen LogP contribution in [0.25, 0.3) is 0 Å². The van der Waals surface area contributed by atoms with Gasteiger partial charge in [0.2, 0.25) is 0 Å². The van der Waals surface area contributed by atoms with E-state index in [9.17, 15) is 4.79 Å². The zero-order valence-corrected chi connectivity index (χ0v) is 15.6. The van der Waals surface area contributed by atoms with Gasteiger partial charge in [0.05, 0.1) is 19.3 Å². The quantitative estimate of drug-likeness (QED) is 0.736. The maximum Gasteiger partial charge on any atom is 0.289 e. The Balaban J connectivity index is 1.67. The minimum absolute atomic E-state index is 0.0233. The highest BCUT2D eigenvalue weighted by atomic mass is 16.5. The van der Waals surface area contributed by atoms with E-state index in [2.05, 4.69) is 4.90 Å². The fourth-order valence-electron chi connectivity index (χ4n) is 3.90. The molecule has 0 aliphatic carbocycles. The summed E-state index contributed by atoms with van der Waals surface area (Å²) in [6, 6.07) is 3.60. The monoisotopic (exact) mass is 350 g/mol. The number of fused-ring (bicyclic) bond motifs is 1. The van der Waals surface area contributed by atoms with Crippen molar-refractivity contribution in [1.29, 1.82) is 0 Å². The first-order valence-electron chi connectivity index (χ1n) is 9.20. The van der Waals surface area contributed by atoms with E-state index in [-0.39, 0.29) is 17.4 Å². The molecule has 1 aromatic rings. The molecule has 140 valence electrons. The van der Waals surface area contributed by atoms with Gasteiger partial charge < -0.3 is 23.7 Å². The van der Waals surface area contributed by atoms with Crippen LogP contribution in [0.4, 0.5) is 0 Å². The Morgan fingerprint density at radius 2 is 2.28 bits per heavy atom. The number of likely N-dealkylation sites (N-methyl/N-ethyl adjacent to an activating group) is 1. The van der Waals surface area contributed by atoms with Gasteiger partial charge in [0, 0.05) is 31.7 Å². The number of carbonyl (C=O) groups is 1. The number of amides is 1. The van der Waals surface area contributed by atoms with Crippen LogP contribution in [-0.4, -0.2) is 75.4 Å². The number of carbonyl (C=O) groups excluding carboxylic acids is 1. The van der Waals surface area contributed by atoms with Crippen molar-refractivity contribution in [3.63, 3.8) is 0 Å². The Labute approximate surface area is 150 Å². The molecule has 0 bridgehead atoms. The van der Waals surface area contributed by atoms with Crippen molar-refractivity contribution < 1.29 is 18.7 Å². The molecule has 2 fully saturated rings. The summed E-state index contributed by atoms with van der Waals surface area (Å²) in [5.74, 6) is 1.17. The highest BCUT2D eigenvalue weighted by molar-refractivity contribution is 5.91. The van der Waals surface area contributed by atoms with Crippen LogP contribution in [0.3, 0.4) is 0 Å². The maximum absolute atomic E-state index is 12.8. The van der Waals surface area contributed by atoms with E-state index in [0.29, 0.717) is 32.1 Å². The number of nitrogens with zero attached hydrogens (tertiary/aromatic N) is 2. The molecule has 2 aliphatic rings. The third-order valence-electron chi connectivity index (χ3n) is 5.30. The van der Waals surface area contributed by atoms with E-state index >= 15 is 0 Å². The topological polar surface area (TPSA) is 55.2 Å². The van der Waals surface area contributed by atoms with Gasteiger partial charge in [-0.15, -0.1) is 0 Å². The number of aryl methyl sites for hydroxylation is 1. The van der Waals surface area contributed by atoms with Gasteiger partial charge in [-0.2, -0.15) is 0 Å². The molecule has 0 radical (unpaired) electrons. The molecule has 3 heterocycles. The van der Waals surface area contributed by atoms with Crippen molar-refractivity contribution in [2.75, 3.05) is 53.6 Å². The highest BCUT2D eigenvalue weighted by Crippen LogP contribution is 2.40. The molecule has 6 nitrogen and oxygen atoms in total. The van der Waals surface area contributed by atoms with Gasteiger partial charge in [0.25, 0.3) is 5.91 Å². The Hall–Kier alpha value is -1.37. The first-order chi connectivity index (χ1) is 12.0. The maximum atomic E-state index is 12.8. The molecule has 0 saturated carbocycles. The third-order valence-corrected chi connectivity index (χ3v) is 5.30. The molecule has 25 heavy (non-hydrogen) atoms.